The Morgan fingerprint density at radius 1 is 1.39 bits per heavy atom. The Morgan fingerprint density at radius 2 is 2.11 bits per heavy atom. The number of nitrogens with two attached hydrogens (primary N) is 1. The van der Waals surface area contributed by atoms with Gasteiger partial charge in [-0.3, -0.25) is 0 Å². The summed E-state index contributed by atoms with van der Waals surface area (Å²) in [5.74, 6) is 1.60. The molecule has 1 atom stereocenters. The van der Waals surface area contributed by atoms with Crippen molar-refractivity contribution in [3.8, 4) is 5.69 Å². The normalized spacial score (nSPS) is 12.7. The van der Waals surface area contributed by atoms with E-state index < -0.39 is 0 Å². The molecule has 1 aromatic heterocycles. The van der Waals surface area contributed by atoms with Gasteiger partial charge in [-0.05, 0) is 44.9 Å². The number of aromatic nitrogens is 3. The van der Waals surface area contributed by atoms with Gasteiger partial charge in [0.1, 0.15) is 11.6 Å². The first-order valence-corrected chi connectivity index (χ1v) is 6.30. The molecule has 2 N–H and O–H groups in total. The predicted octanol–water partition coefficient (Wildman–Crippen LogP) is 2.43. The molecule has 1 heterocycles. The number of benzene rings is 1. The zero-order valence-corrected chi connectivity index (χ0v) is 11.6. The Bertz CT molecular complexity index is 560. The Balaban J connectivity index is 2.37. The molecule has 0 aliphatic carbocycles. The third-order valence-corrected chi connectivity index (χ3v) is 3.05. The van der Waals surface area contributed by atoms with Crippen molar-refractivity contribution in [3.63, 3.8) is 0 Å². The molecule has 0 fully saturated rings. The Morgan fingerprint density at radius 3 is 2.61 bits per heavy atom. The Kier molecular flexibility index (Phi) is 3.68. The lowest BCUT2D eigenvalue weighted by molar-refractivity contribution is 0.737. The fourth-order valence-electron chi connectivity index (χ4n) is 1.95. The van der Waals surface area contributed by atoms with E-state index in [1.807, 2.05) is 39.0 Å². The molecule has 5 heteroatoms. The van der Waals surface area contributed by atoms with Crippen LogP contribution in [0.15, 0.2) is 18.2 Å². The number of aryl methyl sites for hydroxylation is 2. The van der Waals surface area contributed by atoms with E-state index in [1.54, 1.807) is 4.68 Å². The van der Waals surface area contributed by atoms with E-state index >= 15 is 0 Å². The average molecular weight is 265 g/mol. The molecule has 0 amide bonds. The van der Waals surface area contributed by atoms with E-state index in [0.29, 0.717) is 0 Å². The maximum atomic E-state index is 6.27. The number of rotatable bonds is 3. The van der Waals surface area contributed by atoms with Gasteiger partial charge in [-0.15, -0.1) is 0 Å². The summed E-state index contributed by atoms with van der Waals surface area (Å²) in [7, 11) is 0. The second-order valence-corrected chi connectivity index (χ2v) is 4.98. The van der Waals surface area contributed by atoms with Crippen molar-refractivity contribution < 1.29 is 0 Å². The van der Waals surface area contributed by atoms with Gasteiger partial charge >= 0.3 is 0 Å². The Labute approximate surface area is 112 Å². The molecule has 0 spiro atoms. The van der Waals surface area contributed by atoms with Gasteiger partial charge in [0.25, 0.3) is 0 Å². The van der Waals surface area contributed by atoms with Crippen molar-refractivity contribution in [1.82, 2.24) is 14.8 Å². The molecule has 0 bridgehead atoms. The van der Waals surface area contributed by atoms with E-state index in [-0.39, 0.29) is 6.04 Å². The van der Waals surface area contributed by atoms with Crippen LogP contribution < -0.4 is 5.73 Å². The lowest BCUT2D eigenvalue weighted by Gasteiger charge is -2.10. The van der Waals surface area contributed by atoms with Crippen molar-refractivity contribution in [2.45, 2.75) is 33.2 Å². The third kappa shape index (κ3) is 2.71. The van der Waals surface area contributed by atoms with Crippen LogP contribution in [-0.4, -0.2) is 20.8 Å². The third-order valence-electron chi connectivity index (χ3n) is 2.70. The summed E-state index contributed by atoms with van der Waals surface area (Å²) in [6.45, 7) is 5.76. The highest BCUT2D eigenvalue weighted by molar-refractivity contribution is 6.31. The molecular formula is C13H17ClN4. The fraction of sp³-hybridized carbons (Fsp3) is 0.385. The minimum absolute atomic E-state index is 0.101. The van der Waals surface area contributed by atoms with Gasteiger partial charge in [-0.1, -0.05) is 17.7 Å². The molecule has 0 aliphatic rings. The average Bonchev–Trinajstić information content (AvgIpc) is 2.60. The second-order valence-electron chi connectivity index (χ2n) is 4.58. The highest BCUT2D eigenvalue weighted by Gasteiger charge is 2.08. The topological polar surface area (TPSA) is 56.7 Å². The van der Waals surface area contributed by atoms with Crippen LogP contribution >= 0.6 is 11.6 Å². The molecule has 0 saturated heterocycles. The lowest BCUT2D eigenvalue weighted by atomic mass is 10.1. The van der Waals surface area contributed by atoms with Gasteiger partial charge in [-0.2, -0.15) is 5.10 Å². The summed E-state index contributed by atoms with van der Waals surface area (Å²) in [4.78, 5) is 4.28. The SMILES string of the molecule is Cc1nc(C)n(-c2ccc(CC(C)N)c(Cl)c2)n1. The first-order valence-electron chi connectivity index (χ1n) is 5.92. The van der Waals surface area contributed by atoms with Gasteiger partial charge in [0.05, 0.1) is 5.69 Å². The van der Waals surface area contributed by atoms with E-state index in [0.717, 1.165) is 34.3 Å². The van der Waals surface area contributed by atoms with Crippen molar-refractivity contribution >= 4 is 11.6 Å². The van der Waals surface area contributed by atoms with Crippen molar-refractivity contribution in [2.24, 2.45) is 5.73 Å². The number of nitrogens with zero attached hydrogens (tertiary/aromatic N) is 3. The van der Waals surface area contributed by atoms with Gasteiger partial charge in [0.2, 0.25) is 0 Å². The minimum Gasteiger partial charge on any atom is -0.328 e. The minimum atomic E-state index is 0.101. The molecular weight excluding hydrogens is 248 g/mol. The highest BCUT2D eigenvalue weighted by Crippen LogP contribution is 2.21. The molecule has 0 aliphatic heterocycles. The predicted molar refractivity (Wildman–Crippen MR) is 73.2 cm³/mol. The molecule has 96 valence electrons. The molecule has 0 saturated carbocycles. The molecule has 0 radical (unpaired) electrons. The fourth-order valence-corrected chi connectivity index (χ4v) is 2.20. The first kappa shape index (κ1) is 13.1. The van der Waals surface area contributed by atoms with E-state index in [1.165, 1.54) is 0 Å². The molecule has 4 nitrogen and oxygen atoms in total. The van der Waals surface area contributed by atoms with E-state index in [2.05, 4.69) is 10.1 Å². The summed E-state index contributed by atoms with van der Waals surface area (Å²) in [6.07, 6.45) is 0.772. The van der Waals surface area contributed by atoms with Crippen molar-refractivity contribution in [2.75, 3.05) is 0 Å². The quantitative estimate of drug-likeness (QED) is 0.926. The summed E-state index contributed by atoms with van der Waals surface area (Å²) in [5.41, 5.74) is 7.77. The van der Waals surface area contributed by atoms with Crippen LogP contribution in [0.5, 0.6) is 0 Å². The number of hydrogen-bond acceptors (Lipinski definition) is 3. The number of hydrogen-bond donors (Lipinski definition) is 1. The van der Waals surface area contributed by atoms with Crippen molar-refractivity contribution in [3.05, 3.63) is 40.4 Å². The summed E-state index contributed by atoms with van der Waals surface area (Å²) < 4.78 is 1.79. The van der Waals surface area contributed by atoms with Gasteiger partial charge in [0, 0.05) is 11.1 Å². The van der Waals surface area contributed by atoms with Crippen LogP contribution in [0.25, 0.3) is 5.69 Å². The maximum Gasteiger partial charge on any atom is 0.148 e. The summed E-state index contributed by atoms with van der Waals surface area (Å²) in [5, 5.41) is 5.05. The van der Waals surface area contributed by atoms with Gasteiger partial charge in [-0.25, -0.2) is 9.67 Å². The molecule has 1 aromatic carbocycles. The molecule has 1 unspecified atom stereocenters. The van der Waals surface area contributed by atoms with Gasteiger partial charge < -0.3 is 5.73 Å². The summed E-state index contributed by atoms with van der Waals surface area (Å²) in [6, 6.07) is 5.99. The first-order chi connectivity index (χ1) is 8.47. The highest BCUT2D eigenvalue weighted by atomic mass is 35.5. The van der Waals surface area contributed by atoms with E-state index in [4.69, 9.17) is 17.3 Å². The van der Waals surface area contributed by atoms with Gasteiger partial charge in [0.15, 0.2) is 0 Å². The Hall–Kier alpha value is -1.39. The summed E-state index contributed by atoms with van der Waals surface area (Å²) >= 11 is 6.27. The van der Waals surface area contributed by atoms with Crippen molar-refractivity contribution in [1.29, 1.82) is 0 Å². The van der Waals surface area contributed by atoms with Crippen LogP contribution in [0.3, 0.4) is 0 Å². The van der Waals surface area contributed by atoms with Crippen LogP contribution in [0.2, 0.25) is 5.02 Å². The van der Waals surface area contributed by atoms with Crippen LogP contribution in [0, 0.1) is 13.8 Å². The monoisotopic (exact) mass is 264 g/mol. The number of halogens is 1. The van der Waals surface area contributed by atoms with Crippen LogP contribution in [0.1, 0.15) is 24.1 Å². The zero-order valence-electron chi connectivity index (χ0n) is 10.8. The maximum absolute atomic E-state index is 6.27. The molecule has 2 rings (SSSR count). The van der Waals surface area contributed by atoms with Crippen LogP contribution in [-0.2, 0) is 6.42 Å². The molecule has 2 aromatic rings. The van der Waals surface area contributed by atoms with Crippen LogP contribution in [0.4, 0.5) is 0 Å². The van der Waals surface area contributed by atoms with E-state index in [9.17, 15) is 0 Å². The second kappa shape index (κ2) is 5.08. The molecule has 18 heavy (non-hydrogen) atoms. The lowest BCUT2D eigenvalue weighted by Crippen LogP contribution is -2.18. The largest absolute Gasteiger partial charge is 0.328 e. The standard InChI is InChI=1S/C13H17ClN4/c1-8(15)6-11-4-5-12(7-13(11)14)18-10(3)16-9(2)17-18/h4-5,7-8H,6,15H2,1-3H3. The zero-order chi connectivity index (χ0) is 13.3. The smallest absolute Gasteiger partial charge is 0.148 e.